The Morgan fingerprint density at radius 1 is 1.12 bits per heavy atom. The molecule has 0 spiro atoms. The summed E-state index contributed by atoms with van der Waals surface area (Å²) in [4.78, 5) is 19.0. The number of nitrogens with one attached hydrogen (secondary N) is 1. The van der Waals surface area contributed by atoms with Gasteiger partial charge in [0.15, 0.2) is 0 Å². The molecule has 3 aromatic heterocycles. The van der Waals surface area contributed by atoms with Gasteiger partial charge >= 0.3 is 0 Å². The molecule has 0 radical (unpaired) electrons. The van der Waals surface area contributed by atoms with Crippen molar-refractivity contribution in [2.45, 2.75) is 19.9 Å². The fourth-order valence-corrected chi connectivity index (χ4v) is 3.82. The van der Waals surface area contributed by atoms with Crippen molar-refractivity contribution in [3.8, 4) is 0 Å². The van der Waals surface area contributed by atoms with E-state index in [-0.39, 0.29) is 5.91 Å². The standard InChI is InChI=1S/C21H18N2O2S/c1-14-4-6-17(25-14)12-18-7-8-19(26-18)13-23-21(24)16-5-9-20-15(11-16)3-2-10-22-20/h2-11H,12-13H2,1H3,(H,23,24). The highest BCUT2D eigenvalue weighted by Gasteiger charge is 2.09. The third kappa shape index (κ3) is 3.68. The Morgan fingerprint density at radius 2 is 2.00 bits per heavy atom. The van der Waals surface area contributed by atoms with Crippen molar-refractivity contribution in [1.29, 1.82) is 0 Å². The normalized spacial score (nSPS) is 11.0. The smallest absolute Gasteiger partial charge is 0.251 e. The van der Waals surface area contributed by atoms with Gasteiger partial charge in [-0.25, -0.2) is 0 Å². The van der Waals surface area contributed by atoms with Crippen molar-refractivity contribution in [3.05, 3.63) is 87.6 Å². The highest BCUT2D eigenvalue weighted by Crippen LogP contribution is 2.21. The number of furan rings is 1. The summed E-state index contributed by atoms with van der Waals surface area (Å²) in [7, 11) is 0. The first-order chi connectivity index (χ1) is 12.7. The van der Waals surface area contributed by atoms with E-state index in [9.17, 15) is 4.79 Å². The predicted octanol–water partition coefficient (Wildman–Crippen LogP) is 4.72. The van der Waals surface area contributed by atoms with Gasteiger partial charge in [-0.15, -0.1) is 11.3 Å². The molecule has 1 amide bonds. The predicted molar refractivity (Wildman–Crippen MR) is 103 cm³/mol. The zero-order valence-electron chi connectivity index (χ0n) is 14.4. The van der Waals surface area contributed by atoms with Crippen LogP contribution >= 0.6 is 11.3 Å². The Labute approximate surface area is 155 Å². The van der Waals surface area contributed by atoms with Crippen molar-refractivity contribution in [1.82, 2.24) is 10.3 Å². The van der Waals surface area contributed by atoms with Gasteiger partial charge in [-0.1, -0.05) is 6.07 Å². The van der Waals surface area contributed by atoms with Crippen LogP contribution in [0.1, 0.15) is 31.6 Å². The number of benzene rings is 1. The molecular weight excluding hydrogens is 344 g/mol. The lowest BCUT2D eigenvalue weighted by Gasteiger charge is -2.05. The molecule has 130 valence electrons. The molecule has 0 aliphatic rings. The van der Waals surface area contributed by atoms with E-state index in [1.54, 1.807) is 17.5 Å². The highest BCUT2D eigenvalue weighted by atomic mass is 32.1. The number of carbonyl (C=O) groups excluding carboxylic acids is 1. The second-order valence-electron chi connectivity index (χ2n) is 6.15. The molecule has 4 aromatic rings. The molecule has 0 saturated carbocycles. The molecule has 26 heavy (non-hydrogen) atoms. The number of aryl methyl sites for hydroxylation is 1. The van der Waals surface area contributed by atoms with Crippen LogP contribution in [0.2, 0.25) is 0 Å². The van der Waals surface area contributed by atoms with Gasteiger partial charge in [0.1, 0.15) is 11.5 Å². The van der Waals surface area contributed by atoms with E-state index in [1.807, 2.05) is 49.4 Å². The summed E-state index contributed by atoms with van der Waals surface area (Å²) in [6.45, 7) is 2.47. The minimum atomic E-state index is -0.0765. The minimum absolute atomic E-state index is 0.0765. The average Bonchev–Trinajstić information content (AvgIpc) is 3.28. The molecule has 0 fully saturated rings. The largest absolute Gasteiger partial charge is 0.466 e. The Morgan fingerprint density at radius 3 is 2.85 bits per heavy atom. The van der Waals surface area contributed by atoms with Crippen molar-refractivity contribution in [2.24, 2.45) is 0 Å². The van der Waals surface area contributed by atoms with Gasteiger partial charge in [-0.05, 0) is 55.5 Å². The van der Waals surface area contributed by atoms with E-state index in [2.05, 4.69) is 22.4 Å². The number of hydrogen-bond donors (Lipinski definition) is 1. The van der Waals surface area contributed by atoms with E-state index < -0.39 is 0 Å². The second kappa shape index (κ2) is 7.14. The van der Waals surface area contributed by atoms with E-state index in [0.717, 1.165) is 33.7 Å². The van der Waals surface area contributed by atoms with Crippen LogP contribution in [0.4, 0.5) is 0 Å². The summed E-state index contributed by atoms with van der Waals surface area (Å²) in [5.74, 6) is 1.81. The Balaban J connectivity index is 1.39. The Hall–Kier alpha value is -2.92. The molecule has 0 atom stereocenters. The third-order valence-electron chi connectivity index (χ3n) is 4.15. The number of thiophene rings is 1. The lowest BCUT2D eigenvalue weighted by molar-refractivity contribution is 0.0951. The van der Waals surface area contributed by atoms with Gasteiger partial charge in [-0.3, -0.25) is 9.78 Å². The molecule has 1 N–H and O–H groups in total. The zero-order chi connectivity index (χ0) is 17.9. The van der Waals surface area contributed by atoms with E-state index in [0.29, 0.717) is 12.1 Å². The number of carbonyl (C=O) groups is 1. The molecular formula is C21H18N2O2S. The summed E-state index contributed by atoms with van der Waals surface area (Å²) >= 11 is 1.69. The first-order valence-corrected chi connectivity index (χ1v) is 9.25. The van der Waals surface area contributed by atoms with Crippen LogP contribution in [-0.2, 0) is 13.0 Å². The number of amides is 1. The van der Waals surface area contributed by atoms with E-state index in [1.165, 1.54) is 4.88 Å². The Kier molecular flexibility index (Phi) is 4.54. The van der Waals surface area contributed by atoms with Crippen LogP contribution in [0.25, 0.3) is 10.9 Å². The van der Waals surface area contributed by atoms with Crippen LogP contribution in [0.5, 0.6) is 0 Å². The SMILES string of the molecule is Cc1ccc(Cc2ccc(CNC(=O)c3ccc4ncccc4c3)s2)o1. The fourth-order valence-electron chi connectivity index (χ4n) is 2.85. The molecule has 0 saturated heterocycles. The molecule has 4 nitrogen and oxygen atoms in total. The molecule has 0 aliphatic heterocycles. The number of nitrogens with zero attached hydrogens (tertiary/aromatic N) is 1. The van der Waals surface area contributed by atoms with Crippen molar-refractivity contribution in [3.63, 3.8) is 0 Å². The first-order valence-electron chi connectivity index (χ1n) is 8.43. The molecule has 5 heteroatoms. The monoisotopic (exact) mass is 362 g/mol. The first kappa shape index (κ1) is 16.5. The molecule has 1 aromatic carbocycles. The molecule has 3 heterocycles. The second-order valence-corrected chi connectivity index (χ2v) is 7.40. The molecule has 0 unspecified atom stereocenters. The zero-order valence-corrected chi connectivity index (χ0v) is 15.2. The van der Waals surface area contributed by atoms with Crippen LogP contribution in [0.3, 0.4) is 0 Å². The van der Waals surface area contributed by atoms with Gasteiger partial charge in [0, 0.05) is 33.3 Å². The average molecular weight is 362 g/mol. The van der Waals surface area contributed by atoms with Crippen LogP contribution < -0.4 is 5.32 Å². The summed E-state index contributed by atoms with van der Waals surface area (Å²) in [6.07, 6.45) is 2.53. The fraction of sp³-hybridized carbons (Fsp3) is 0.143. The Bertz CT molecular complexity index is 1060. The summed E-state index contributed by atoms with van der Waals surface area (Å²) < 4.78 is 5.62. The minimum Gasteiger partial charge on any atom is -0.466 e. The molecule has 0 aliphatic carbocycles. The van der Waals surface area contributed by atoms with Crippen molar-refractivity contribution in [2.75, 3.05) is 0 Å². The van der Waals surface area contributed by atoms with Crippen LogP contribution in [0, 0.1) is 6.92 Å². The molecule has 4 rings (SSSR count). The van der Waals surface area contributed by atoms with Crippen LogP contribution in [0.15, 0.2) is 65.2 Å². The van der Waals surface area contributed by atoms with Gasteiger partial charge in [0.25, 0.3) is 5.91 Å². The summed E-state index contributed by atoms with van der Waals surface area (Å²) in [5.41, 5.74) is 1.54. The van der Waals surface area contributed by atoms with Crippen molar-refractivity contribution >= 4 is 28.1 Å². The maximum Gasteiger partial charge on any atom is 0.251 e. The van der Waals surface area contributed by atoms with Gasteiger partial charge in [0.2, 0.25) is 0 Å². The third-order valence-corrected chi connectivity index (χ3v) is 5.24. The maximum absolute atomic E-state index is 12.4. The summed E-state index contributed by atoms with van der Waals surface area (Å²) in [6, 6.07) is 17.5. The van der Waals surface area contributed by atoms with E-state index >= 15 is 0 Å². The number of fused-ring (bicyclic) bond motifs is 1. The lowest BCUT2D eigenvalue weighted by Crippen LogP contribution is -2.22. The number of rotatable bonds is 5. The summed E-state index contributed by atoms with van der Waals surface area (Å²) in [5, 5.41) is 3.95. The highest BCUT2D eigenvalue weighted by molar-refractivity contribution is 7.12. The van der Waals surface area contributed by atoms with Gasteiger partial charge < -0.3 is 9.73 Å². The van der Waals surface area contributed by atoms with Crippen molar-refractivity contribution < 1.29 is 9.21 Å². The van der Waals surface area contributed by atoms with Crippen LogP contribution in [-0.4, -0.2) is 10.9 Å². The number of pyridine rings is 1. The maximum atomic E-state index is 12.4. The van der Waals surface area contributed by atoms with Gasteiger partial charge in [0.05, 0.1) is 12.1 Å². The number of aromatic nitrogens is 1. The number of hydrogen-bond acceptors (Lipinski definition) is 4. The van der Waals surface area contributed by atoms with E-state index in [4.69, 9.17) is 4.42 Å². The topological polar surface area (TPSA) is 55.1 Å². The lowest BCUT2D eigenvalue weighted by atomic mass is 10.1. The molecule has 0 bridgehead atoms. The van der Waals surface area contributed by atoms with Gasteiger partial charge in [-0.2, -0.15) is 0 Å². The quantitative estimate of drug-likeness (QED) is 0.559.